The lowest BCUT2D eigenvalue weighted by molar-refractivity contribution is -0.139. The lowest BCUT2D eigenvalue weighted by Gasteiger charge is -2.17. The molecule has 0 rings (SSSR count). The summed E-state index contributed by atoms with van der Waals surface area (Å²) in [6.07, 6.45) is 5.71. The van der Waals surface area contributed by atoms with Gasteiger partial charge in [-0.3, -0.25) is 0 Å². The van der Waals surface area contributed by atoms with Gasteiger partial charge < -0.3 is 14.4 Å². The number of rotatable bonds is 10. The average molecular weight is 337 g/mol. The van der Waals surface area contributed by atoms with Gasteiger partial charge in [0.05, 0.1) is 7.11 Å². The molecule has 0 aliphatic heterocycles. The summed E-state index contributed by atoms with van der Waals surface area (Å²) in [5.74, 6) is -0.661. The molecule has 5 heteroatoms. The fraction of sp³-hybridized carbons (Fsp3) is 0.474. The number of carbonyl (C=O) groups excluding carboxylic acids is 2. The first-order valence-corrected chi connectivity index (χ1v) is 7.92. The molecule has 0 aromatic carbocycles. The Morgan fingerprint density at radius 2 is 1.71 bits per heavy atom. The molecule has 24 heavy (non-hydrogen) atoms. The van der Waals surface area contributed by atoms with Crippen LogP contribution in [0.1, 0.15) is 27.2 Å². The van der Waals surface area contributed by atoms with Crippen LogP contribution in [0.2, 0.25) is 0 Å². The zero-order valence-corrected chi connectivity index (χ0v) is 15.5. The second-order valence-corrected chi connectivity index (χ2v) is 4.91. The van der Waals surface area contributed by atoms with Crippen LogP contribution in [0.25, 0.3) is 0 Å². The first-order chi connectivity index (χ1) is 11.3. The van der Waals surface area contributed by atoms with Crippen molar-refractivity contribution in [1.29, 1.82) is 0 Å². The predicted octanol–water partition coefficient (Wildman–Crippen LogP) is 3.30. The Hall–Kier alpha value is -2.14. The van der Waals surface area contributed by atoms with Crippen molar-refractivity contribution in [3.05, 3.63) is 49.1 Å². The van der Waals surface area contributed by atoms with E-state index in [4.69, 9.17) is 4.74 Å². The standard InChI is InChI=1S/C10H19NO2.C9H12O2/c1-5-11(6-2)7-8-13-10(12)9(3)4;1-4-5-6-7-8(2)9(10)11-3/h3,5-8H2,1-2,4H3;4-6H,1-2,7H2,3H3. The van der Waals surface area contributed by atoms with Crippen molar-refractivity contribution in [3.63, 3.8) is 0 Å². The molecule has 0 bridgehead atoms. The third-order valence-corrected chi connectivity index (χ3v) is 2.99. The minimum absolute atomic E-state index is 0.299. The van der Waals surface area contributed by atoms with Crippen LogP contribution in [0.4, 0.5) is 0 Å². The normalized spacial score (nSPS) is 9.88. The van der Waals surface area contributed by atoms with E-state index in [0.29, 0.717) is 24.2 Å². The minimum Gasteiger partial charge on any atom is -0.466 e. The Balaban J connectivity index is 0. The van der Waals surface area contributed by atoms with Crippen molar-refractivity contribution in [2.24, 2.45) is 0 Å². The Morgan fingerprint density at radius 3 is 2.12 bits per heavy atom. The monoisotopic (exact) mass is 337 g/mol. The molecule has 5 nitrogen and oxygen atoms in total. The highest BCUT2D eigenvalue weighted by Crippen LogP contribution is 2.00. The van der Waals surface area contributed by atoms with E-state index in [2.05, 4.69) is 43.2 Å². The third kappa shape index (κ3) is 13.5. The van der Waals surface area contributed by atoms with Crippen molar-refractivity contribution in [3.8, 4) is 0 Å². The van der Waals surface area contributed by atoms with Crippen LogP contribution in [0.5, 0.6) is 0 Å². The van der Waals surface area contributed by atoms with Crippen molar-refractivity contribution < 1.29 is 19.1 Å². The number of hydrogen-bond acceptors (Lipinski definition) is 5. The lowest BCUT2D eigenvalue weighted by atomic mass is 10.2. The highest BCUT2D eigenvalue weighted by Gasteiger charge is 2.04. The van der Waals surface area contributed by atoms with Gasteiger partial charge in [0.1, 0.15) is 6.61 Å². The average Bonchev–Trinajstić information content (AvgIpc) is 2.58. The van der Waals surface area contributed by atoms with Gasteiger partial charge in [-0.25, -0.2) is 9.59 Å². The molecule has 0 fully saturated rings. The number of likely N-dealkylation sites (N-methyl/N-ethyl adjacent to an activating group) is 1. The smallest absolute Gasteiger partial charge is 0.333 e. The molecule has 0 saturated carbocycles. The summed E-state index contributed by atoms with van der Waals surface area (Å²) < 4.78 is 9.40. The molecule has 0 amide bonds. The molecule has 0 aromatic rings. The summed E-state index contributed by atoms with van der Waals surface area (Å²) >= 11 is 0. The summed E-state index contributed by atoms with van der Waals surface area (Å²) in [6.45, 7) is 19.6. The van der Waals surface area contributed by atoms with Crippen LogP contribution in [-0.4, -0.2) is 50.2 Å². The van der Waals surface area contributed by atoms with Gasteiger partial charge in [0.2, 0.25) is 0 Å². The summed E-state index contributed by atoms with van der Waals surface area (Å²) in [4.78, 5) is 23.9. The van der Waals surface area contributed by atoms with Crippen LogP contribution >= 0.6 is 0 Å². The van der Waals surface area contributed by atoms with E-state index in [9.17, 15) is 9.59 Å². The number of allylic oxidation sites excluding steroid dienone is 3. The Bertz CT molecular complexity index is 448. The molecule has 0 saturated heterocycles. The number of methoxy groups -OCH3 is 1. The molecule has 0 radical (unpaired) electrons. The quantitative estimate of drug-likeness (QED) is 0.348. The van der Waals surface area contributed by atoms with Gasteiger partial charge >= 0.3 is 11.9 Å². The molecule has 0 heterocycles. The summed E-state index contributed by atoms with van der Waals surface area (Å²) in [6, 6.07) is 0. The largest absolute Gasteiger partial charge is 0.466 e. The molecule has 0 aliphatic rings. The number of hydrogen-bond donors (Lipinski definition) is 0. The minimum atomic E-state index is -0.362. The number of nitrogens with zero attached hydrogens (tertiary/aromatic N) is 1. The maximum atomic E-state index is 11.0. The van der Waals surface area contributed by atoms with E-state index < -0.39 is 0 Å². The van der Waals surface area contributed by atoms with Crippen molar-refractivity contribution in [2.45, 2.75) is 27.2 Å². The maximum absolute atomic E-state index is 11.0. The molecule has 136 valence electrons. The Labute approximate surface area is 146 Å². The summed E-state index contributed by atoms with van der Waals surface area (Å²) in [5.41, 5.74) is 0.908. The van der Waals surface area contributed by atoms with Crippen LogP contribution in [0.15, 0.2) is 49.1 Å². The molecule has 0 aromatic heterocycles. The van der Waals surface area contributed by atoms with E-state index in [1.165, 1.54) is 7.11 Å². The molecular formula is C19H31NO4. The van der Waals surface area contributed by atoms with Gasteiger partial charge in [-0.1, -0.05) is 51.8 Å². The van der Waals surface area contributed by atoms with Gasteiger partial charge in [0.25, 0.3) is 0 Å². The molecule has 0 N–H and O–H groups in total. The second kappa shape index (κ2) is 15.7. The number of esters is 2. The van der Waals surface area contributed by atoms with Crippen molar-refractivity contribution >= 4 is 11.9 Å². The van der Waals surface area contributed by atoms with Crippen molar-refractivity contribution in [2.75, 3.05) is 33.4 Å². The van der Waals surface area contributed by atoms with E-state index >= 15 is 0 Å². The first kappa shape index (κ1) is 24.1. The van der Waals surface area contributed by atoms with Gasteiger partial charge in [-0.15, -0.1) is 0 Å². The van der Waals surface area contributed by atoms with Crippen LogP contribution in [0, 0.1) is 0 Å². The fourth-order valence-electron chi connectivity index (χ4n) is 1.46. The van der Waals surface area contributed by atoms with E-state index in [1.807, 2.05) is 0 Å². The van der Waals surface area contributed by atoms with Crippen molar-refractivity contribution in [1.82, 2.24) is 4.90 Å². The summed E-state index contributed by atoms with van der Waals surface area (Å²) in [5, 5.41) is 0. The van der Waals surface area contributed by atoms with Crippen LogP contribution in [-0.2, 0) is 19.1 Å². The molecule has 0 spiro atoms. The number of ether oxygens (including phenoxy) is 2. The molecule has 0 aliphatic carbocycles. The zero-order valence-electron chi connectivity index (χ0n) is 15.5. The lowest BCUT2D eigenvalue weighted by Crippen LogP contribution is -2.27. The van der Waals surface area contributed by atoms with E-state index in [-0.39, 0.29) is 11.9 Å². The SMILES string of the molecule is C=C(C)C(=O)OCCN(CC)CC.C=CC=CCC(=C)C(=O)OC. The molecule has 0 unspecified atom stereocenters. The number of carbonyl (C=O) groups is 2. The zero-order chi connectivity index (χ0) is 19.0. The Morgan fingerprint density at radius 1 is 1.12 bits per heavy atom. The van der Waals surface area contributed by atoms with Gasteiger partial charge in [0, 0.05) is 17.7 Å². The third-order valence-electron chi connectivity index (χ3n) is 2.99. The topological polar surface area (TPSA) is 55.8 Å². The van der Waals surface area contributed by atoms with E-state index in [0.717, 1.165) is 19.6 Å². The van der Waals surface area contributed by atoms with Gasteiger partial charge in [-0.05, 0) is 26.4 Å². The second-order valence-electron chi connectivity index (χ2n) is 4.91. The van der Waals surface area contributed by atoms with Crippen LogP contribution in [0.3, 0.4) is 0 Å². The first-order valence-electron chi connectivity index (χ1n) is 7.92. The van der Waals surface area contributed by atoms with Crippen LogP contribution < -0.4 is 0 Å². The Kier molecular flexibility index (Phi) is 15.8. The maximum Gasteiger partial charge on any atom is 0.333 e. The highest BCUT2D eigenvalue weighted by molar-refractivity contribution is 5.87. The highest BCUT2D eigenvalue weighted by atomic mass is 16.5. The fourth-order valence-corrected chi connectivity index (χ4v) is 1.46. The molecule has 0 atom stereocenters. The van der Waals surface area contributed by atoms with Gasteiger partial charge in [0.15, 0.2) is 0 Å². The molecular weight excluding hydrogens is 306 g/mol. The van der Waals surface area contributed by atoms with Gasteiger partial charge in [-0.2, -0.15) is 0 Å². The van der Waals surface area contributed by atoms with E-state index in [1.54, 1.807) is 25.2 Å². The summed E-state index contributed by atoms with van der Waals surface area (Å²) in [7, 11) is 1.34. The predicted molar refractivity (Wildman–Crippen MR) is 98.7 cm³/mol.